The molecule has 4 rings (SSSR count). The largest absolute Gasteiger partial charge is 0.463 e. The summed E-state index contributed by atoms with van der Waals surface area (Å²) in [5.41, 5.74) is 1.50. The number of benzene rings is 2. The third-order valence-corrected chi connectivity index (χ3v) is 4.16. The van der Waals surface area contributed by atoms with Crippen molar-refractivity contribution in [3.05, 3.63) is 89.5 Å². The van der Waals surface area contributed by atoms with E-state index >= 15 is 0 Å². The van der Waals surface area contributed by atoms with Crippen molar-refractivity contribution in [2.75, 3.05) is 5.32 Å². The third kappa shape index (κ3) is 3.47. The molecule has 0 atom stereocenters. The Balaban J connectivity index is 1.74. The minimum absolute atomic E-state index is 0.0862. The number of carbonyl (C=O) groups is 1. The molecule has 2 aromatic heterocycles. The van der Waals surface area contributed by atoms with Gasteiger partial charge in [0.1, 0.15) is 11.5 Å². The van der Waals surface area contributed by atoms with Crippen molar-refractivity contribution in [3.8, 4) is 17.1 Å². The topological polar surface area (TPSA) is 60.1 Å². The molecule has 0 aliphatic heterocycles. The summed E-state index contributed by atoms with van der Waals surface area (Å²) in [6.45, 7) is 0. The van der Waals surface area contributed by atoms with E-state index in [1.807, 2.05) is 0 Å². The number of furan rings is 1. The Morgan fingerprint density at radius 1 is 1.07 bits per heavy atom. The van der Waals surface area contributed by atoms with E-state index in [0.29, 0.717) is 22.2 Å². The molecule has 1 amide bonds. The molecule has 134 valence electrons. The van der Waals surface area contributed by atoms with Crippen LogP contribution in [0.15, 0.2) is 77.4 Å². The Labute approximate surface area is 159 Å². The second-order valence-corrected chi connectivity index (χ2v) is 6.15. The molecule has 0 saturated carbocycles. The van der Waals surface area contributed by atoms with Crippen molar-refractivity contribution in [3.63, 3.8) is 0 Å². The zero-order valence-corrected chi connectivity index (χ0v) is 14.7. The number of aromatic nitrogens is 2. The fraction of sp³-hybridized carbons (Fsp3) is 0. The van der Waals surface area contributed by atoms with Gasteiger partial charge in [-0.1, -0.05) is 23.7 Å². The summed E-state index contributed by atoms with van der Waals surface area (Å²) in [6, 6.07) is 18.1. The SMILES string of the molecule is O=C(Nc1ccccc1F)c1cc(-c2ccco2)n(-c2ccc(Cl)cc2)n1. The lowest BCUT2D eigenvalue weighted by atomic mass is 10.2. The molecule has 7 heteroatoms. The number of nitrogens with one attached hydrogen (secondary N) is 1. The first kappa shape index (κ1) is 17.1. The molecule has 27 heavy (non-hydrogen) atoms. The van der Waals surface area contributed by atoms with E-state index in [-0.39, 0.29) is 11.4 Å². The Hall–Kier alpha value is -3.38. The van der Waals surface area contributed by atoms with Gasteiger partial charge in [0.15, 0.2) is 11.5 Å². The molecular weight excluding hydrogens is 369 g/mol. The van der Waals surface area contributed by atoms with Gasteiger partial charge >= 0.3 is 0 Å². The predicted molar refractivity (Wildman–Crippen MR) is 101 cm³/mol. The van der Waals surface area contributed by atoms with E-state index < -0.39 is 11.7 Å². The molecule has 0 radical (unpaired) electrons. The van der Waals surface area contributed by atoms with Crippen LogP contribution in [0.5, 0.6) is 0 Å². The summed E-state index contributed by atoms with van der Waals surface area (Å²) in [5.74, 6) is -0.503. The number of anilines is 1. The fourth-order valence-corrected chi connectivity index (χ4v) is 2.75. The first-order valence-corrected chi connectivity index (χ1v) is 8.45. The highest BCUT2D eigenvalue weighted by Gasteiger charge is 2.19. The van der Waals surface area contributed by atoms with Crippen LogP contribution in [0.3, 0.4) is 0 Å². The third-order valence-electron chi connectivity index (χ3n) is 3.91. The lowest BCUT2D eigenvalue weighted by Gasteiger charge is -2.06. The van der Waals surface area contributed by atoms with Gasteiger partial charge in [-0.25, -0.2) is 9.07 Å². The highest BCUT2D eigenvalue weighted by molar-refractivity contribution is 6.30. The van der Waals surface area contributed by atoms with Gasteiger partial charge in [0.25, 0.3) is 5.91 Å². The molecule has 5 nitrogen and oxygen atoms in total. The van der Waals surface area contributed by atoms with Gasteiger partial charge in [-0.3, -0.25) is 4.79 Å². The van der Waals surface area contributed by atoms with Gasteiger partial charge in [0.05, 0.1) is 17.6 Å². The van der Waals surface area contributed by atoms with Crippen LogP contribution in [0.25, 0.3) is 17.1 Å². The average molecular weight is 382 g/mol. The van der Waals surface area contributed by atoms with E-state index in [4.69, 9.17) is 16.0 Å². The van der Waals surface area contributed by atoms with E-state index in [2.05, 4.69) is 10.4 Å². The maximum atomic E-state index is 13.8. The van der Waals surface area contributed by atoms with Crippen LogP contribution in [0.2, 0.25) is 5.02 Å². The monoisotopic (exact) mass is 381 g/mol. The number of halogens is 2. The van der Waals surface area contributed by atoms with Crippen LogP contribution in [0.4, 0.5) is 10.1 Å². The van der Waals surface area contributed by atoms with Crippen molar-refractivity contribution in [1.29, 1.82) is 0 Å². The Kier molecular flexibility index (Phi) is 4.48. The minimum Gasteiger partial charge on any atom is -0.463 e. The Morgan fingerprint density at radius 2 is 1.85 bits per heavy atom. The van der Waals surface area contributed by atoms with Crippen LogP contribution < -0.4 is 5.32 Å². The van der Waals surface area contributed by atoms with Crippen LogP contribution in [-0.2, 0) is 0 Å². The smallest absolute Gasteiger partial charge is 0.276 e. The molecular formula is C20H13ClFN3O2. The summed E-state index contributed by atoms with van der Waals surface area (Å²) in [5, 5.41) is 7.49. The molecule has 0 aliphatic carbocycles. The maximum Gasteiger partial charge on any atom is 0.276 e. The van der Waals surface area contributed by atoms with Crippen molar-refractivity contribution in [2.45, 2.75) is 0 Å². The highest BCUT2D eigenvalue weighted by atomic mass is 35.5. The van der Waals surface area contributed by atoms with Crippen molar-refractivity contribution in [1.82, 2.24) is 9.78 Å². The number of rotatable bonds is 4. The first-order valence-electron chi connectivity index (χ1n) is 8.07. The van der Waals surface area contributed by atoms with Gasteiger partial charge in [-0.2, -0.15) is 5.10 Å². The molecule has 0 spiro atoms. The number of amides is 1. The minimum atomic E-state index is -0.527. The van der Waals surface area contributed by atoms with Crippen LogP contribution in [0, 0.1) is 5.82 Å². The molecule has 0 aliphatic rings. The molecule has 4 aromatic rings. The van der Waals surface area contributed by atoms with Gasteiger partial charge < -0.3 is 9.73 Å². The highest BCUT2D eigenvalue weighted by Crippen LogP contribution is 2.26. The van der Waals surface area contributed by atoms with Crippen LogP contribution in [-0.4, -0.2) is 15.7 Å². The Bertz CT molecular complexity index is 1090. The van der Waals surface area contributed by atoms with Crippen molar-refractivity contribution >= 4 is 23.2 Å². The van der Waals surface area contributed by atoms with Crippen molar-refractivity contribution < 1.29 is 13.6 Å². The van der Waals surface area contributed by atoms with E-state index in [1.54, 1.807) is 59.3 Å². The van der Waals surface area contributed by atoms with E-state index in [9.17, 15) is 9.18 Å². The lowest BCUT2D eigenvalue weighted by molar-refractivity contribution is 0.102. The second kappa shape index (κ2) is 7.09. The van der Waals surface area contributed by atoms with Crippen LogP contribution in [0.1, 0.15) is 10.5 Å². The molecule has 2 heterocycles. The molecule has 0 fully saturated rings. The molecule has 0 saturated heterocycles. The molecule has 0 unspecified atom stereocenters. The molecule has 1 N–H and O–H groups in total. The first-order chi connectivity index (χ1) is 13.1. The number of nitrogens with zero attached hydrogens (tertiary/aromatic N) is 2. The van der Waals surface area contributed by atoms with Crippen LogP contribution >= 0.6 is 11.6 Å². The Morgan fingerprint density at radius 3 is 2.56 bits per heavy atom. The number of hydrogen-bond donors (Lipinski definition) is 1. The average Bonchev–Trinajstić information content (AvgIpc) is 3.33. The van der Waals surface area contributed by atoms with Gasteiger partial charge in [0.2, 0.25) is 0 Å². The summed E-state index contributed by atoms with van der Waals surface area (Å²) >= 11 is 5.95. The van der Waals surface area contributed by atoms with Gasteiger partial charge in [0, 0.05) is 11.1 Å². The zero-order chi connectivity index (χ0) is 18.8. The summed E-state index contributed by atoms with van der Waals surface area (Å²) in [6.07, 6.45) is 1.54. The molecule has 2 aromatic carbocycles. The number of para-hydroxylation sites is 1. The fourth-order valence-electron chi connectivity index (χ4n) is 2.62. The lowest BCUT2D eigenvalue weighted by Crippen LogP contribution is -2.14. The summed E-state index contributed by atoms with van der Waals surface area (Å²) in [7, 11) is 0. The number of carbonyl (C=O) groups excluding carboxylic acids is 1. The van der Waals surface area contributed by atoms with E-state index in [0.717, 1.165) is 0 Å². The van der Waals surface area contributed by atoms with Gasteiger partial charge in [-0.15, -0.1) is 0 Å². The molecule has 0 bridgehead atoms. The zero-order valence-electron chi connectivity index (χ0n) is 13.9. The maximum absolute atomic E-state index is 13.8. The normalized spacial score (nSPS) is 10.7. The van der Waals surface area contributed by atoms with Crippen molar-refractivity contribution in [2.24, 2.45) is 0 Å². The standard InChI is InChI=1S/C20H13ClFN3O2/c21-13-7-9-14(10-8-13)25-18(19-6-3-11-27-19)12-17(24-25)20(26)23-16-5-2-1-4-15(16)22/h1-12H,(H,23,26). The van der Waals surface area contributed by atoms with E-state index in [1.165, 1.54) is 18.4 Å². The quantitative estimate of drug-likeness (QED) is 0.530. The number of hydrogen-bond acceptors (Lipinski definition) is 3. The van der Waals surface area contributed by atoms with Gasteiger partial charge in [-0.05, 0) is 48.5 Å². The second-order valence-electron chi connectivity index (χ2n) is 5.71. The predicted octanol–water partition coefficient (Wildman–Crippen LogP) is 5.18. The summed E-state index contributed by atoms with van der Waals surface area (Å²) < 4.78 is 20.8. The summed E-state index contributed by atoms with van der Waals surface area (Å²) in [4.78, 5) is 12.6.